The number of rotatable bonds is 6. The van der Waals surface area contributed by atoms with Crippen molar-refractivity contribution in [3.8, 4) is 0 Å². The van der Waals surface area contributed by atoms with E-state index in [1.165, 1.54) is 0 Å². The van der Waals surface area contributed by atoms with E-state index in [1.54, 1.807) is 0 Å². The summed E-state index contributed by atoms with van der Waals surface area (Å²) in [6, 6.07) is 0. The molecule has 0 aromatic heterocycles. The normalized spacial score (nSPS) is 11.9. The summed E-state index contributed by atoms with van der Waals surface area (Å²) in [5, 5.41) is 14.0. The van der Waals surface area contributed by atoms with Crippen molar-refractivity contribution in [1.82, 2.24) is 0 Å². The zero-order valence-corrected chi connectivity index (χ0v) is 21.9. The molecule has 0 aliphatic carbocycles. The molecule has 10 nitrogen and oxygen atoms in total. The third-order valence-corrected chi connectivity index (χ3v) is 5.66. The van der Waals surface area contributed by atoms with Crippen molar-refractivity contribution >= 4 is 27.1 Å². The van der Waals surface area contributed by atoms with Crippen LogP contribution in [0.2, 0.25) is 0 Å². The van der Waals surface area contributed by atoms with Crippen LogP contribution in [0.25, 0.3) is 0 Å². The first-order valence-electron chi connectivity index (χ1n) is 3.92. The van der Waals surface area contributed by atoms with Crippen molar-refractivity contribution < 1.29 is 172 Å². The van der Waals surface area contributed by atoms with Crippen molar-refractivity contribution in [3.63, 3.8) is 0 Å². The van der Waals surface area contributed by atoms with Gasteiger partial charge in [0.05, 0.1) is 12.3 Å². The zero-order chi connectivity index (χ0) is 14.0. The number of carbonyl (C=O) groups is 2. The number of hydrogen-bond donors (Lipinski definition) is 6. The molecule has 0 aromatic carbocycles. The van der Waals surface area contributed by atoms with E-state index in [-0.39, 0.29) is 124 Å². The standard InChI is InChI=1S/C5H10O10P2.4Na.4H/c6-3(7)1-2(4(8)9)5(16(10,11)12)17(13,14)15;;;;;;;;/h2,5H,1H2,(H,6,7)(H,8,9)(H2,10,11,12)(H2,13,14,15);;;;;;;;/q;4*+1;4*-1. The fourth-order valence-electron chi connectivity index (χ4n) is 1.17. The van der Waals surface area contributed by atoms with Gasteiger partial charge in [0.25, 0.3) is 0 Å². The van der Waals surface area contributed by atoms with Crippen molar-refractivity contribution in [3.05, 3.63) is 0 Å². The van der Waals surface area contributed by atoms with Crippen LogP contribution in [0.3, 0.4) is 0 Å². The fourth-order valence-corrected chi connectivity index (χ4v) is 4.14. The topological polar surface area (TPSA) is 190 Å². The summed E-state index contributed by atoms with van der Waals surface area (Å²) in [7, 11) is -10.9. The Morgan fingerprint density at radius 3 is 1.29 bits per heavy atom. The van der Waals surface area contributed by atoms with Gasteiger partial charge < -0.3 is 35.5 Å². The van der Waals surface area contributed by atoms with E-state index >= 15 is 0 Å². The van der Waals surface area contributed by atoms with Gasteiger partial charge in [0, 0.05) is 0 Å². The van der Waals surface area contributed by atoms with Crippen LogP contribution in [0.1, 0.15) is 12.1 Å². The molecule has 0 aliphatic rings. The number of aliphatic carboxylic acids is 2. The second-order valence-electron chi connectivity index (χ2n) is 3.13. The third-order valence-electron chi connectivity index (χ3n) is 1.76. The largest absolute Gasteiger partial charge is 1.00 e. The fraction of sp³-hybridized carbons (Fsp3) is 0.600. The Balaban J connectivity index is -0.0000000457. The first-order valence-corrected chi connectivity index (χ1v) is 7.28. The molecule has 0 aromatic rings. The minimum atomic E-state index is -5.47. The quantitative estimate of drug-likeness (QED) is 0.188. The molecule has 6 N–H and O–H groups in total. The summed E-state index contributed by atoms with van der Waals surface area (Å²) in [4.78, 5) is 55.8. The molecule has 0 fully saturated rings. The second-order valence-corrected chi connectivity index (χ2v) is 7.01. The summed E-state index contributed by atoms with van der Waals surface area (Å²) >= 11 is 0. The van der Waals surface area contributed by atoms with Crippen LogP contribution in [0.15, 0.2) is 0 Å². The SMILES string of the molecule is O=C(O)CC(C(=O)O)C(P(=O)(O)O)P(=O)(O)O.[H-].[H-].[H-].[H-].[Na+].[Na+].[Na+].[Na+]. The van der Waals surface area contributed by atoms with Gasteiger partial charge in [0.1, 0.15) is 0 Å². The molecule has 1 atom stereocenters. The average Bonchev–Trinajstić information content (AvgIpc) is 1.95. The Kier molecular flexibility index (Phi) is 24.3. The Hall–Kier alpha value is 3.24. The Bertz CT molecular complexity index is 412. The Morgan fingerprint density at radius 2 is 1.14 bits per heavy atom. The van der Waals surface area contributed by atoms with Crippen LogP contribution in [0, 0.1) is 5.92 Å². The predicted molar refractivity (Wildman–Crippen MR) is 55.7 cm³/mol. The molecule has 0 rings (SSSR count). The molecule has 21 heavy (non-hydrogen) atoms. The minimum Gasteiger partial charge on any atom is -1.00 e. The van der Waals surface area contributed by atoms with E-state index < -0.39 is 44.9 Å². The molecule has 1 unspecified atom stereocenters. The number of hydrogen-bond acceptors (Lipinski definition) is 4. The summed E-state index contributed by atoms with van der Waals surface area (Å²) in [6.07, 6.45) is -1.31. The van der Waals surface area contributed by atoms with Gasteiger partial charge in [-0.3, -0.25) is 18.7 Å². The maximum atomic E-state index is 10.9. The van der Waals surface area contributed by atoms with Gasteiger partial charge in [0.15, 0.2) is 5.40 Å². The Labute approximate surface area is 214 Å². The molecular formula is C5H14Na4O10P2. The molecule has 0 aliphatic heterocycles. The number of carboxylic acids is 2. The molecule has 0 amide bonds. The second kappa shape index (κ2) is 14.4. The van der Waals surface area contributed by atoms with E-state index in [2.05, 4.69) is 0 Å². The molecule has 0 spiro atoms. The van der Waals surface area contributed by atoms with E-state index in [4.69, 9.17) is 29.8 Å². The van der Waals surface area contributed by atoms with Crippen molar-refractivity contribution in [2.75, 3.05) is 0 Å². The maximum absolute atomic E-state index is 10.9. The van der Waals surface area contributed by atoms with Gasteiger partial charge >= 0.3 is 145 Å². The first-order chi connectivity index (χ1) is 7.37. The van der Waals surface area contributed by atoms with E-state index in [1.807, 2.05) is 0 Å². The van der Waals surface area contributed by atoms with Crippen molar-refractivity contribution in [1.29, 1.82) is 0 Å². The van der Waals surface area contributed by atoms with E-state index in [9.17, 15) is 18.7 Å². The van der Waals surface area contributed by atoms with Crippen LogP contribution < -0.4 is 118 Å². The third kappa shape index (κ3) is 14.1. The summed E-state index contributed by atoms with van der Waals surface area (Å²) in [5.74, 6) is -6.14. The van der Waals surface area contributed by atoms with Crippen LogP contribution in [0.5, 0.6) is 0 Å². The molecule has 0 radical (unpaired) electrons. The summed E-state index contributed by atoms with van der Waals surface area (Å²) in [6.45, 7) is 0. The smallest absolute Gasteiger partial charge is 1.00 e. The minimum absolute atomic E-state index is 0. The molecule has 0 heterocycles. The summed E-state index contributed by atoms with van der Waals surface area (Å²) < 4.78 is 21.7. The van der Waals surface area contributed by atoms with Crippen LogP contribution in [0.4, 0.5) is 0 Å². The van der Waals surface area contributed by atoms with Crippen LogP contribution in [-0.4, -0.2) is 47.1 Å². The van der Waals surface area contributed by atoms with Crippen LogP contribution >= 0.6 is 15.2 Å². The maximum Gasteiger partial charge on any atom is 1.00 e. The molecule has 108 valence electrons. The predicted octanol–water partition coefficient (Wildman–Crippen LogP) is -12.7. The molecule has 0 bridgehead atoms. The molecule has 16 heteroatoms. The van der Waals surface area contributed by atoms with E-state index in [0.717, 1.165) is 0 Å². The monoisotopic (exact) mass is 388 g/mol. The zero-order valence-electron chi connectivity index (χ0n) is 16.1. The van der Waals surface area contributed by atoms with Crippen molar-refractivity contribution in [2.24, 2.45) is 5.92 Å². The van der Waals surface area contributed by atoms with Gasteiger partial charge in [0.2, 0.25) is 0 Å². The van der Waals surface area contributed by atoms with Gasteiger partial charge in [-0.05, 0) is 0 Å². The van der Waals surface area contributed by atoms with Gasteiger partial charge in [-0.25, -0.2) is 0 Å². The van der Waals surface area contributed by atoms with E-state index in [0.29, 0.717) is 0 Å². The van der Waals surface area contributed by atoms with Gasteiger partial charge in [-0.2, -0.15) is 0 Å². The van der Waals surface area contributed by atoms with Crippen molar-refractivity contribution in [2.45, 2.75) is 11.8 Å². The van der Waals surface area contributed by atoms with Gasteiger partial charge in [-0.15, -0.1) is 0 Å². The summed E-state index contributed by atoms with van der Waals surface area (Å²) in [5.41, 5.74) is 0. The average molecular weight is 388 g/mol. The van der Waals surface area contributed by atoms with Gasteiger partial charge in [-0.1, -0.05) is 0 Å². The Morgan fingerprint density at radius 1 is 0.857 bits per heavy atom. The first kappa shape index (κ1) is 35.4. The molecule has 0 saturated carbocycles. The molecular weight excluding hydrogens is 374 g/mol. The number of carboxylic acid groups (broad SMARTS) is 2. The van der Waals surface area contributed by atoms with Crippen LogP contribution in [-0.2, 0) is 18.7 Å². The molecule has 0 saturated heterocycles.